The van der Waals surface area contributed by atoms with Crippen LogP contribution in [0, 0.1) is 27.7 Å². The number of hydrogen-bond acceptors (Lipinski definition) is 3. The van der Waals surface area contributed by atoms with E-state index in [1.165, 1.54) is 35.9 Å². The molecule has 0 spiro atoms. The lowest BCUT2D eigenvalue weighted by Gasteiger charge is -2.19. The third-order valence-electron chi connectivity index (χ3n) is 5.49. The molecular formula is C25H27ClN2O3S. The molecule has 3 rings (SSSR count). The number of sulfonamides is 1. The molecule has 0 saturated heterocycles. The van der Waals surface area contributed by atoms with Gasteiger partial charge in [-0.3, -0.25) is 9.52 Å². The van der Waals surface area contributed by atoms with Crippen LogP contribution in [0.25, 0.3) is 0 Å². The summed E-state index contributed by atoms with van der Waals surface area (Å²) in [5.74, 6) is -0.378. The summed E-state index contributed by atoms with van der Waals surface area (Å²) in [6.45, 7) is 9.89. The average molecular weight is 471 g/mol. The normalized spacial score (nSPS) is 12.3. The van der Waals surface area contributed by atoms with E-state index < -0.39 is 10.0 Å². The van der Waals surface area contributed by atoms with Gasteiger partial charge < -0.3 is 5.32 Å². The van der Waals surface area contributed by atoms with Crippen molar-refractivity contribution in [3.8, 4) is 0 Å². The SMILES string of the molecule is Cc1ccc(S(=O)(=O)Nc2ccc(Cl)c(C(=O)N[C@@H](C)c3cc(C)c(C)cc3C)c2)cc1. The van der Waals surface area contributed by atoms with Crippen molar-refractivity contribution in [3.05, 3.63) is 93.0 Å². The molecule has 32 heavy (non-hydrogen) atoms. The minimum atomic E-state index is -3.79. The zero-order valence-electron chi connectivity index (χ0n) is 18.8. The molecule has 1 atom stereocenters. The Bertz CT molecular complexity index is 1270. The second-order valence-corrected chi connectivity index (χ2v) is 10.2. The van der Waals surface area contributed by atoms with Crippen molar-refractivity contribution in [2.75, 3.05) is 4.72 Å². The van der Waals surface area contributed by atoms with E-state index in [2.05, 4.69) is 29.1 Å². The van der Waals surface area contributed by atoms with Crippen LogP contribution in [0.5, 0.6) is 0 Å². The molecule has 0 aliphatic heterocycles. The standard InChI is InChI=1S/C25H27ClN2O3S/c1-15-6-9-21(10-7-15)32(30,31)28-20-8-11-24(26)23(14-20)25(29)27-19(5)22-13-17(3)16(2)12-18(22)4/h6-14,19,28H,1-5H3,(H,27,29)/t19-/m0/s1. The largest absolute Gasteiger partial charge is 0.345 e. The van der Waals surface area contributed by atoms with Crippen LogP contribution >= 0.6 is 11.6 Å². The zero-order valence-corrected chi connectivity index (χ0v) is 20.4. The van der Waals surface area contributed by atoms with E-state index in [1.807, 2.05) is 27.7 Å². The molecule has 0 aliphatic rings. The van der Waals surface area contributed by atoms with E-state index in [1.54, 1.807) is 12.1 Å². The molecule has 168 valence electrons. The number of hydrogen-bond donors (Lipinski definition) is 2. The van der Waals surface area contributed by atoms with Gasteiger partial charge in [-0.2, -0.15) is 0 Å². The van der Waals surface area contributed by atoms with Crippen LogP contribution in [0.3, 0.4) is 0 Å². The first-order valence-electron chi connectivity index (χ1n) is 10.3. The van der Waals surface area contributed by atoms with Gasteiger partial charge in [0, 0.05) is 5.69 Å². The van der Waals surface area contributed by atoms with E-state index in [0.717, 1.165) is 22.3 Å². The maximum absolute atomic E-state index is 13.0. The van der Waals surface area contributed by atoms with Gasteiger partial charge in [-0.1, -0.05) is 41.4 Å². The van der Waals surface area contributed by atoms with Crippen molar-refractivity contribution in [2.24, 2.45) is 0 Å². The summed E-state index contributed by atoms with van der Waals surface area (Å²) in [4.78, 5) is 13.1. The number of halogens is 1. The number of nitrogens with one attached hydrogen (secondary N) is 2. The Hall–Kier alpha value is -2.83. The van der Waals surface area contributed by atoms with Gasteiger partial charge >= 0.3 is 0 Å². The number of rotatable bonds is 6. The Kier molecular flexibility index (Phi) is 6.96. The summed E-state index contributed by atoms with van der Waals surface area (Å²) in [5.41, 5.74) is 5.88. The highest BCUT2D eigenvalue weighted by Gasteiger charge is 2.19. The lowest BCUT2D eigenvalue weighted by Crippen LogP contribution is -2.27. The van der Waals surface area contributed by atoms with Crippen molar-refractivity contribution in [1.82, 2.24) is 5.32 Å². The predicted molar refractivity (Wildman–Crippen MR) is 130 cm³/mol. The molecule has 0 heterocycles. The fraction of sp³-hybridized carbons (Fsp3) is 0.240. The van der Waals surface area contributed by atoms with Crippen LogP contribution in [0.15, 0.2) is 59.5 Å². The Morgan fingerprint density at radius 3 is 2.16 bits per heavy atom. The van der Waals surface area contributed by atoms with Crippen molar-refractivity contribution in [3.63, 3.8) is 0 Å². The fourth-order valence-corrected chi connectivity index (χ4v) is 4.75. The molecular weight excluding hydrogens is 444 g/mol. The maximum Gasteiger partial charge on any atom is 0.261 e. The van der Waals surface area contributed by atoms with Gasteiger partial charge in [-0.05, 0) is 87.2 Å². The molecule has 7 heteroatoms. The molecule has 3 aromatic rings. The van der Waals surface area contributed by atoms with Gasteiger partial charge in [0.1, 0.15) is 0 Å². The van der Waals surface area contributed by atoms with E-state index in [9.17, 15) is 13.2 Å². The number of anilines is 1. The van der Waals surface area contributed by atoms with Crippen LogP contribution in [-0.4, -0.2) is 14.3 Å². The number of amides is 1. The molecule has 0 aromatic heterocycles. The summed E-state index contributed by atoms with van der Waals surface area (Å²) in [7, 11) is -3.79. The van der Waals surface area contributed by atoms with Crippen LogP contribution < -0.4 is 10.0 Å². The lowest BCUT2D eigenvalue weighted by atomic mass is 9.96. The fourth-order valence-electron chi connectivity index (χ4n) is 3.50. The number of aryl methyl sites for hydroxylation is 4. The van der Waals surface area contributed by atoms with Crippen LogP contribution in [0.4, 0.5) is 5.69 Å². The Morgan fingerprint density at radius 2 is 1.50 bits per heavy atom. The molecule has 0 bridgehead atoms. The highest BCUT2D eigenvalue weighted by molar-refractivity contribution is 7.92. The lowest BCUT2D eigenvalue weighted by molar-refractivity contribution is 0.0940. The van der Waals surface area contributed by atoms with Crippen molar-refractivity contribution in [1.29, 1.82) is 0 Å². The Labute approximate surface area is 194 Å². The van der Waals surface area contributed by atoms with Gasteiger partial charge in [0.15, 0.2) is 0 Å². The Balaban J connectivity index is 1.83. The number of carbonyl (C=O) groups excluding carboxylic acids is 1. The second kappa shape index (κ2) is 9.35. The van der Waals surface area contributed by atoms with E-state index in [-0.39, 0.29) is 33.1 Å². The zero-order chi connectivity index (χ0) is 23.6. The summed E-state index contributed by atoms with van der Waals surface area (Å²) in [5, 5.41) is 3.21. The van der Waals surface area contributed by atoms with Crippen LogP contribution in [-0.2, 0) is 10.0 Å². The second-order valence-electron chi connectivity index (χ2n) is 8.10. The first-order chi connectivity index (χ1) is 15.0. The summed E-state index contributed by atoms with van der Waals surface area (Å²) >= 11 is 6.27. The highest BCUT2D eigenvalue weighted by Crippen LogP contribution is 2.26. The minimum absolute atomic E-state index is 0.142. The van der Waals surface area contributed by atoms with Crippen molar-refractivity contribution < 1.29 is 13.2 Å². The first-order valence-corrected chi connectivity index (χ1v) is 12.1. The maximum atomic E-state index is 13.0. The monoisotopic (exact) mass is 470 g/mol. The summed E-state index contributed by atoms with van der Waals surface area (Å²) in [6.07, 6.45) is 0. The molecule has 2 N–H and O–H groups in total. The summed E-state index contributed by atoms with van der Waals surface area (Å²) < 4.78 is 27.9. The minimum Gasteiger partial charge on any atom is -0.345 e. The molecule has 0 saturated carbocycles. The average Bonchev–Trinajstić information content (AvgIpc) is 2.72. The first kappa shape index (κ1) is 23.8. The number of benzene rings is 3. The van der Waals surface area contributed by atoms with Gasteiger partial charge in [0.25, 0.3) is 15.9 Å². The number of carbonyl (C=O) groups is 1. The van der Waals surface area contributed by atoms with E-state index in [4.69, 9.17) is 11.6 Å². The molecule has 0 aliphatic carbocycles. The predicted octanol–water partition coefficient (Wildman–Crippen LogP) is 5.87. The quantitative estimate of drug-likeness (QED) is 0.473. The van der Waals surface area contributed by atoms with Gasteiger partial charge in [-0.15, -0.1) is 0 Å². The van der Waals surface area contributed by atoms with Gasteiger partial charge in [0.2, 0.25) is 0 Å². The van der Waals surface area contributed by atoms with E-state index in [0.29, 0.717) is 0 Å². The van der Waals surface area contributed by atoms with E-state index >= 15 is 0 Å². The van der Waals surface area contributed by atoms with Crippen molar-refractivity contribution >= 4 is 33.2 Å². The molecule has 5 nitrogen and oxygen atoms in total. The highest BCUT2D eigenvalue weighted by atomic mass is 35.5. The molecule has 3 aromatic carbocycles. The van der Waals surface area contributed by atoms with Gasteiger partial charge in [-0.25, -0.2) is 8.42 Å². The van der Waals surface area contributed by atoms with Crippen LogP contribution in [0.1, 0.15) is 51.1 Å². The molecule has 0 fully saturated rings. The molecule has 0 radical (unpaired) electrons. The van der Waals surface area contributed by atoms with Gasteiger partial charge in [0.05, 0.1) is 21.5 Å². The topological polar surface area (TPSA) is 75.3 Å². The molecule has 1 amide bonds. The summed E-state index contributed by atoms with van der Waals surface area (Å²) in [6, 6.07) is 14.9. The van der Waals surface area contributed by atoms with Crippen molar-refractivity contribution in [2.45, 2.75) is 45.6 Å². The van der Waals surface area contributed by atoms with Crippen LogP contribution in [0.2, 0.25) is 5.02 Å². The smallest absolute Gasteiger partial charge is 0.261 e. The molecule has 0 unspecified atom stereocenters. The third kappa shape index (κ3) is 5.31. The third-order valence-corrected chi connectivity index (χ3v) is 7.22. The Morgan fingerprint density at radius 1 is 0.875 bits per heavy atom.